The zero-order valence-corrected chi connectivity index (χ0v) is 16.3. The predicted molar refractivity (Wildman–Crippen MR) is 99.2 cm³/mol. The minimum Gasteiger partial charge on any atom is -0.485 e. The summed E-state index contributed by atoms with van der Waals surface area (Å²) < 4.78 is 75.5. The fraction of sp³-hybridized carbons (Fsp3) is 0.333. The van der Waals surface area contributed by atoms with E-state index in [4.69, 9.17) is 14.2 Å². The highest BCUT2D eigenvalue weighted by Gasteiger charge is 2.36. The molecule has 9 heteroatoms. The van der Waals surface area contributed by atoms with Crippen LogP contribution in [0, 0.1) is 23.3 Å². The molecule has 4 rings (SSSR count). The molecular weight excluding hydrogens is 404 g/mol. The molecule has 2 N–H and O–H groups in total. The van der Waals surface area contributed by atoms with E-state index in [0.717, 1.165) is 0 Å². The smallest absolute Gasteiger partial charge is 0.204 e. The van der Waals surface area contributed by atoms with Crippen molar-refractivity contribution in [3.05, 3.63) is 76.9 Å². The minimum absolute atomic E-state index is 0.126. The Morgan fingerprint density at radius 1 is 1.00 bits per heavy atom. The molecule has 1 aliphatic rings. The Morgan fingerprint density at radius 3 is 2.00 bits per heavy atom. The van der Waals surface area contributed by atoms with E-state index in [1.165, 1.54) is 0 Å². The van der Waals surface area contributed by atoms with Crippen LogP contribution in [0.1, 0.15) is 36.7 Å². The third-order valence-corrected chi connectivity index (χ3v) is 4.89. The van der Waals surface area contributed by atoms with Gasteiger partial charge in [0.25, 0.3) is 0 Å². The second-order valence-electron chi connectivity index (χ2n) is 7.44. The summed E-state index contributed by atoms with van der Waals surface area (Å²) in [4.78, 5) is 5.68. The molecule has 0 aliphatic carbocycles. The van der Waals surface area contributed by atoms with Crippen LogP contribution in [0.4, 0.5) is 17.6 Å². The Hall–Kier alpha value is -2.78. The number of ether oxygens (including phenoxy) is 3. The summed E-state index contributed by atoms with van der Waals surface area (Å²) in [6, 6.07) is 6.39. The van der Waals surface area contributed by atoms with Gasteiger partial charge >= 0.3 is 0 Å². The lowest BCUT2D eigenvalue weighted by Gasteiger charge is -2.20. The van der Waals surface area contributed by atoms with Gasteiger partial charge < -0.3 is 24.2 Å². The van der Waals surface area contributed by atoms with Crippen molar-refractivity contribution in [1.29, 1.82) is 0 Å². The molecule has 3 heterocycles. The summed E-state index contributed by atoms with van der Waals surface area (Å²) in [5.74, 6) is -9.37. The Bertz CT molecular complexity index is 956. The minimum atomic E-state index is -1.61. The van der Waals surface area contributed by atoms with Gasteiger partial charge in [-0.1, -0.05) is 0 Å². The Balaban J connectivity index is 1.70. The number of rotatable bonds is 6. The van der Waals surface area contributed by atoms with Gasteiger partial charge in [-0.2, -0.15) is 8.78 Å². The fourth-order valence-corrected chi connectivity index (χ4v) is 3.56. The highest BCUT2D eigenvalue weighted by molar-refractivity contribution is 5.44. The molecule has 0 radical (unpaired) electrons. The lowest BCUT2D eigenvalue weighted by molar-refractivity contribution is -0.141. The lowest BCUT2D eigenvalue weighted by atomic mass is 9.91. The first-order valence-corrected chi connectivity index (χ1v) is 9.35. The van der Waals surface area contributed by atoms with Gasteiger partial charge in [0, 0.05) is 29.3 Å². The molecule has 5 nitrogen and oxygen atoms in total. The maximum atomic E-state index is 15.0. The van der Waals surface area contributed by atoms with E-state index in [2.05, 4.69) is 9.97 Å². The first-order chi connectivity index (χ1) is 14.3. The number of aromatic amines is 2. The topological polar surface area (TPSA) is 59.3 Å². The van der Waals surface area contributed by atoms with Crippen LogP contribution in [0.3, 0.4) is 0 Å². The molecule has 0 amide bonds. The standard InChI is InChI=1S/C21H20F4N2O3/c1-21(2)29-10-11(30-21)9-28-20-18(24)16(22)15(17(23)19(20)25)14(12-5-3-7-26-12)13-6-4-8-27-13/h3-8,11,14,26-27H,9-10H2,1-2H3. The molecule has 2 aromatic heterocycles. The van der Waals surface area contributed by atoms with Crippen molar-refractivity contribution in [1.82, 2.24) is 9.97 Å². The number of hydrogen-bond acceptors (Lipinski definition) is 3. The first-order valence-electron chi connectivity index (χ1n) is 9.35. The monoisotopic (exact) mass is 424 g/mol. The lowest BCUT2D eigenvalue weighted by Crippen LogP contribution is -2.25. The number of aromatic nitrogens is 2. The van der Waals surface area contributed by atoms with Crippen molar-refractivity contribution in [2.45, 2.75) is 31.7 Å². The van der Waals surface area contributed by atoms with Gasteiger partial charge in [0.2, 0.25) is 11.6 Å². The predicted octanol–water partition coefficient (Wildman–Crippen LogP) is 4.61. The third-order valence-electron chi connectivity index (χ3n) is 4.89. The van der Waals surface area contributed by atoms with Crippen LogP contribution in [0.25, 0.3) is 0 Å². The largest absolute Gasteiger partial charge is 0.485 e. The van der Waals surface area contributed by atoms with Gasteiger partial charge in [-0.3, -0.25) is 0 Å². The Kier molecular flexibility index (Phi) is 5.33. The summed E-state index contributed by atoms with van der Waals surface area (Å²) in [5, 5.41) is 0. The summed E-state index contributed by atoms with van der Waals surface area (Å²) >= 11 is 0. The van der Waals surface area contributed by atoms with Gasteiger partial charge in [0.1, 0.15) is 12.7 Å². The average molecular weight is 424 g/mol. The van der Waals surface area contributed by atoms with E-state index in [-0.39, 0.29) is 13.2 Å². The van der Waals surface area contributed by atoms with Crippen LogP contribution in [0.15, 0.2) is 36.7 Å². The average Bonchev–Trinajstić information content (AvgIpc) is 3.46. The van der Waals surface area contributed by atoms with Crippen LogP contribution in [-0.2, 0) is 9.47 Å². The third kappa shape index (κ3) is 3.70. The van der Waals surface area contributed by atoms with Gasteiger partial charge in [-0.15, -0.1) is 0 Å². The zero-order chi connectivity index (χ0) is 21.5. The molecule has 1 fully saturated rings. The number of H-pyrrole nitrogens is 2. The van der Waals surface area contributed by atoms with Crippen LogP contribution in [-0.4, -0.2) is 35.1 Å². The van der Waals surface area contributed by atoms with E-state index in [1.54, 1.807) is 50.5 Å². The highest BCUT2D eigenvalue weighted by atomic mass is 19.2. The van der Waals surface area contributed by atoms with Gasteiger partial charge in [-0.25, -0.2) is 8.78 Å². The van der Waals surface area contributed by atoms with Crippen LogP contribution < -0.4 is 4.74 Å². The second kappa shape index (κ2) is 7.81. The van der Waals surface area contributed by atoms with Crippen molar-refractivity contribution in [2.75, 3.05) is 13.2 Å². The van der Waals surface area contributed by atoms with Gasteiger partial charge in [0.15, 0.2) is 23.2 Å². The molecule has 30 heavy (non-hydrogen) atoms. The Morgan fingerprint density at radius 2 is 1.57 bits per heavy atom. The quantitative estimate of drug-likeness (QED) is 0.449. The van der Waals surface area contributed by atoms with Gasteiger partial charge in [-0.05, 0) is 38.1 Å². The molecule has 1 aliphatic heterocycles. The number of hydrogen-bond donors (Lipinski definition) is 2. The molecular formula is C21H20F4N2O3. The van der Waals surface area contributed by atoms with Crippen molar-refractivity contribution < 1.29 is 31.8 Å². The molecule has 1 saturated heterocycles. The van der Waals surface area contributed by atoms with Crippen LogP contribution in [0.5, 0.6) is 5.75 Å². The number of nitrogens with one attached hydrogen (secondary N) is 2. The molecule has 0 saturated carbocycles. The normalized spacial score (nSPS) is 18.3. The van der Waals surface area contributed by atoms with E-state index < -0.39 is 52.4 Å². The summed E-state index contributed by atoms with van der Waals surface area (Å²) in [5.41, 5.74) is -0.0354. The van der Waals surface area contributed by atoms with Crippen molar-refractivity contribution in [3.63, 3.8) is 0 Å². The molecule has 0 bridgehead atoms. The number of halogens is 4. The highest BCUT2D eigenvalue weighted by Crippen LogP contribution is 2.39. The summed E-state index contributed by atoms with van der Waals surface area (Å²) in [6.45, 7) is 3.14. The first kappa shape index (κ1) is 20.5. The van der Waals surface area contributed by atoms with E-state index in [1.807, 2.05) is 0 Å². The fourth-order valence-electron chi connectivity index (χ4n) is 3.56. The molecule has 3 aromatic rings. The molecule has 160 valence electrons. The zero-order valence-electron chi connectivity index (χ0n) is 16.3. The van der Waals surface area contributed by atoms with E-state index in [0.29, 0.717) is 11.4 Å². The van der Waals surface area contributed by atoms with Crippen molar-refractivity contribution >= 4 is 0 Å². The van der Waals surface area contributed by atoms with Crippen molar-refractivity contribution in [2.24, 2.45) is 0 Å². The van der Waals surface area contributed by atoms with E-state index in [9.17, 15) is 8.78 Å². The Labute approximate surface area is 170 Å². The summed E-state index contributed by atoms with van der Waals surface area (Å²) in [7, 11) is 0. The molecule has 1 unspecified atom stereocenters. The molecule has 1 atom stereocenters. The maximum Gasteiger partial charge on any atom is 0.204 e. The van der Waals surface area contributed by atoms with Crippen molar-refractivity contribution in [3.8, 4) is 5.75 Å². The summed E-state index contributed by atoms with van der Waals surface area (Å²) in [6.07, 6.45) is 2.47. The maximum absolute atomic E-state index is 15.0. The van der Waals surface area contributed by atoms with Gasteiger partial charge in [0.05, 0.1) is 12.5 Å². The molecule has 1 aromatic carbocycles. The van der Waals surface area contributed by atoms with Crippen LogP contribution >= 0.6 is 0 Å². The van der Waals surface area contributed by atoms with Crippen LogP contribution in [0.2, 0.25) is 0 Å². The number of benzene rings is 1. The SMILES string of the molecule is CC1(C)OCC(COc2c(F)c(F)c(C(c3ccc[nH]3)c3ccc[nH]3)c(F)c2F)O1. The second-order valence-corrected chi connectivity index (χ2v) is 7.44. The molecule has 0 spiro atoms. The van der Waals surface area contributed by atoms with E-state index >= 15 is 8.78 Å².